The number of ether oxygens (including phenoxy) is 1. The van der Waals surface area contributed by atoms with E-state index in [0.717, 1.165) is 5.82 Å². The van der Waals surface area contributed by atoms with E-state index in [1.807, 2.05) is 6.33 Å². The fraction of sp³-hybridized carbons (Fsp3) is 0.579. The zero-order valence-electron chi connectivity index (χ0n) is 15.0. The molecule has 1 aliphatic heterocycles. The number of hydrogen-bond acceptors (Lipinski definition) is 2. The first kappa shape index (κ1) is 17.3. The summed E-state index contributed by atoms with van der Waals surface area (Å²) in [6.45, 7) is 7.68. The lowest BCUT2D eigenvalue weighted by Gasteiger charge is -2.40. The molecule has 0 amide bonds. The first-order valence-corrected chi connectivity index (χ1v) is 10.1. The van der Waals surface area contributed by atoms with Crippen molar-refractivity contribution in [2.24, 2.45) is 16.7 Å². The van der Waals surface area contributed by atoms with Crippen LogP contribution in [0.1, 0.15) is 45.5 Å². The average molecular weight is 414 g/mol. The summed E-state index contributed by atoms with van der Waals surface area (Å²) in [6, 6.07) is 3.69. The van der Waals surface area contributed by atoms with Crippen molar-refractivity contribution in [2.75, 3.05) is 0 Å². The number of hydrogen-bond donors (Lipinski definition) is 0. The first-order valence-electron chi connectivity index (χ1n) is 9.00. The van der Waals surface area contributed by atoms with Crippen molar-refractivity contribution in [3.8, 4) is 5.69 Å². The van der Waals surface area contributed by atoms with Gasteiger partial charge in [0.2, 0.25) is 6.33 Å². The van der Waals surface area contributed by atoms with Crippen molar-refractivity contribution < 1.29 is 9.30 Å². The van der Waals surface area contributed by atoms with Crippen molar-refractivity contribution >= 4 is 34.8 Å². The molecule has 26 heavy (non-hydrogen) atoms. The molecule has 2 saturated carbocycles. The fourth-order valence-electron chi connectivity index (χ4n) is 5.64. The Kier molecular flexibility index (Phi) is 3.58. The summed E-state index contributed by atoms with van der Waals surface area (Å²) in [5.74, 6) is 1.50. The lowest BCUT2D eigenvalue weighted by atomic mass is 9.70. The Morgan fingerprint density at radius 3 is 2.58 bits per heavy atom. The lowest BCUT2D eigenvalue weighted by Crippen LogP contribution is -2.56. The van der Waals surface area contributed by atoms with Crippen molar-refractivity contribution in [1.82, 2.24) is 9.78 Å². The van der Waals surface area contributed by atoms with Crippen molar-refractivity contribution in [3.63, 3.8) is 0 Å². The third-order valence-electron chi connectivity index (χ3n) is 7.40. The molecular weight excluding hydrogens is 393 g/mol. The van der Waals surface area contributed by atoms with Crippen LogP contribution in [0.25, 0.3) is 5.69 Å². The summed E-state index contributed by atoms with van der Waals surface area (Å²) >= 11 is 18.9. The molecule has 3 aliphatic rings. The Balaban J connectivity index is 1.63. The quantitative estimate of drug-likeness (QED) is 0.615. The molecule has 2 bridgehead atoms. The Bertz CT molecular complexity index is 902. The Labute approximate surface area is 168 Å². The molecule has 4 nitrogen and oxygen atoms in total. The van der Waals surface area contributed by atoms with Crippen LogP contribution in [-0.2, 0) is 11.3 Å². The maximum absolute atomic E-state index is 6.40. The van der Waals surface area contributed by atoms with Gasteiger partial charge in [-0.15, -0.1) is 0 Å². The third kappa shape index (κ3) is 2.02. The summed E-state index contributed by atoms with van der Waals surface area (Å²) in [6.07, 6.45) is 4.71. The minimum Gasteiger partial charge on any atom is -0.363 e. The monoisotopic (exact) mass is 412 g/mol. The summed E-state index contributed by atoms with van der Waals surface area (Å²) in [5, 5.41) is 6.22. The number of nitrogens with zero attached hydrogens (tertiary/aromatic N) is 3. The van der Waals surface area contributed by atoms with Crippen molar-refractivity contribution in [3.05, 3.63) is 39.4 Å². The van der Waals surface area contributed by atoms with E-state index >= 15 is 0 Å². The second kappa shape index (κ2) is 5.38. The SMILES string of the molecule is CC1(C)[C@@H]2CC[C@@]1(C)[C@H]1OCc3nn(-c4c(Cl)cc(Cl)cc4Cl)c[n+]3[C@@H]21. The van der Waals surface area contributed by atoms with Crippen LogP contribution >= 0.6 is 34.8 Å². The van der Waals surface area contributed by atoms with E-state index in [1.54, 1.807) is 16.8 Å². The number of rotatable bonds is 1. The van der Waals surface area contributed by atoms with Gasteiger partial charge in [-0.25, -0.2) is 4.57 Å². The van der Waals surface area contributed by atoms with Gasteiger partial charge in [0, 0.05) is 21.5 Å². The number of aromatic nitrogens is 3. The normalized spacial score (nSPS) is 34.0. The topological polar surface area (TPSA) is 30.9 Å². The van der Waals surface area contributed by atoms with Gasteiger partial charge in [-0.3, -0.25) is 0 Å². The predicted molar refractivity (Wildman–Crippen MR) is 101 cm³/mol. The molecule has 2 fully saturated rings. The average Bonchev–Trinajstić information content (AvgIpc) is 3.11. The summed E-state index contributed by atoms with van der Waals surface area (Å²) in [5.41, 5.74) is 1.10. The maximum Gasteiger partial charge on any atom is 0.304 e. The summed E-state index contributed by atoms with van der Waals surface area (Å²) < 4.78 is 10.4. The van der Waals surface area contributed by atoms with Gasteiger partial charge in [0.25, 0.3) is 0 Å². The zero-order chi connectivity index (χ0) is 18.4. The van der Waals surface area contributed by atoms with Gasteiger partial charge >= 0.3 is 5.82 Å². The van der Waals surface area contributed by atoms with Crippen LogP contribution in [0.4, 0.5) is 0 Å². The van der Waals surface area contributed by atoms with E-state index in [-0.39, 0.29) is 16.9 Å². The largest absolute Gasteiger partial charge is 0.363 e. The van der Waals surface area contributed by atoms with Crippen LogP contribution in [-0.4, -0.2) is 15.9 Å². The van der Waals surface area contributed by atoms with E-state index in [1.165, 1.54) is 12.8 Å². The smallest absolute Gasteiger partial charge is 0.304 e. The van der Waals surface area contributed by atoms with Gasteiger partial charge in [-0.2, -0.15) is 0 Å². The van der Waals surface area contributed by atoms with Crippen LogP contribution in [0.5, 0.6) is 0 Å². The zero-order valence-corrected chi connectivity index (χ0v) is 17.2. The number of fused-ring (bicyclic) bond motifs is 7. The van der Waals surface area contributed by atoms with Crippen LogP contribution in [0.15, 0.2) is 18.5 Å². The highest BCUT2D eigenvalue weighted by Gasteiger charge is 2.70. The number of halogens is 3. The molecule has 0 saturated heterocycles. The molecule has 5 rings (SSSR count). The molecule has 4 atom stereocenters. The molecule has 0 radical (unpaired) electrons. The molecule has 2 aliphatic carbocycles. The summed E-state index contributed by atoms with van der Waals surface area (Å²) in [4.78, 5) is 0. The Morgan fingerprint density at radius 2 is 1.88 bits per heavy atom. The van der Waals surface area contributed by atoms with Crippen LogP contribution in [0, 0.1) is 16.7 Å². The van der Waals surface area contributed by atoms with Gasteiger partial charge in [0.15, 0.2) is 5.69 Å². The van der Waals surface area contributed by atoms with Crippen LogP contribution < -0.4 is 4.57 Å². The molecular formula is C19H21Cl3N3O+. The summed E-state index contributed by atoms with van der Waals surface area (Å²) in [7, 11) is 0. The number of benzene rings is 1. The predicted octanol–water partition coefficient (Wildman–Crippen LogP) is 5.02. The second-order valence-corrected chi connectivity index (χ2v) is 9.86. The highest BCUT2D eigenvalue weighted by molar-refractivity contribution is 6.40. The minimum absolute atomic E-state index is 0.199. The van der Waals surface area contributed by atoms with E-state index in [9.17, 15) is 0 Å². The van der Waals surface area contributed by atoms with Crippen LogP contribution in [0.2, 0.25) is 15.1 Å². The van der Waals surface area contributed by atoms with E-state index in [2.05, 4.69) is 25.3 Å². The van der Waals surface area contributed by atoms with Crippen LogP contribution in [0.3, 0.4) is 0 Å². The molecule has 2 heterocycles. The van der Waals surface area contributed by atoms with Crippen molar-refractivity contribution in [2.45, 2.75) is 52.4 Å². The Morgan fingerprint density at radius 1 is 1.19 bits per heavy atom. The molecule has 7 heteroatoms. The van der Waals surface area contributed by atoms with Gasteiger partial charge < -0.3 is 4.74 Å². The van der Waals surface area contributed by atoms with Gasteiger partial charge in [-0.05, 0) is 30.4 Å². The molecule has 138 valence electrons. The Hall–Kier alpha value is -0.810. The third-order valence-corrected chi connectivity index (χ3v) is 8.20. The standard InChI is InChI=1S/C19H21Cl3N3O/c1-18(2)11-4-5-19(18,3)17-15(11)24-9-25(23-14(24)8-26-17)16-12(21)6-10(20)7-13(16)22/h6-7,9,11,15,17H,4-5,8H2,1-3H3/q+1/t11-,15+,17+,19+/m1/s1. The molecule has 0 unspecified atom stereocenters. The van der Waals surface area contributed by atoms with Crippen molar-refractivity contribution in [1.29, 1.82) is 0 Å². The first-order chi connectivity index (χ1) is 12.2. The van der Waals surface area contributed by atoms with Gasteiger partial charge in [0.05, 0.1) is 16.1 Å². The fourth-order valence-corrected chi connectivity index (χ4v) is 6.63. The van der Waals surface area contributed by atoms with Gasteiger partial charge in [-0.1, -0.05) is 60.3 Å². The van der Waals surface area contributed by atoms with E-state index < -0.39 is 0 Å². The highest BCUT2D eigenvalue weighted by atomic mass is 35.5. The molecule has 1 aromatic heterocycles. The molecule has 2 aromatic rings. The van der Waals surface area contributed by atoms with E-state index in [0.29, 0.717) is 39.3 Å². The minimum atomic E-state index is 0.199. The molecule has 1 aromatic carbocycles. The molecule has 0 N–H and O–H groups in total. The maximum atomic E-state index is 6.40. The second-order valence-electron chi connectivity index (χ2n) is 8.61. The molecule has 0 spiro atoms. The highest BCUT2D eigenvalue weighted by Crippen LogP contribution is 2.69. The van der Waals surface area contributed by atoms with E-state index in [4.69, 9.17) is 44.6 Å². The van der Waals surface area contributed by atoms with Gasteiger partial charge in [0.1, 0.15) is 12.6 Å². The lowest BCUT2D eigenvalue weighted by molar-refractivity contribution is -0.756.